The summed E-state index contributed by atoms with van der Waals surface area (Å²) in [4.78, 5) is 18.6. The van der Waals surface area contributed by atoms with Crippen LogP contribution in [0.3, 0.4) is 0 Å². The minimum atomic E-state index is -1.63. The fourth-order valence-electron chi connectivity index (χ4n) is 1.50. The molecule has 1 heterocycles. The molecule has 20 heavy (non-hydrogen) atoms. The Labute approximate surface area is 116 Å². The number of carbonyl (C=O) groups is 1. The van der Waals surface area contributed by atoms with Gasteiger partial charge in [-0.3, -0.25) is 4.79 Å². The van der Waals surface area contributed by atoms with E-state index in [9.17, 15) is 18.0 Å². The van der Waals surface area contributed by atoms with E-state index in [0.29, 0.717) is 6.29 Å². The number of hydrogen-bond acceptors (Lipinski definition) is 4. The van der Waals surface area contributed by atoms with Gasteiger partial charge in [-0.15, -0.1) is 0 Å². The number of halogens is 4. The van der Waals surface area contributed by atoms with Crippen molar-refractivity contribution in [1.29, 1.82) is 0 Å². The van der Waals surface area contributed by atoms with Crippen molar-refractivity contribution in [3.05, 3.63) is 46.1 Å². The summed E-state index contributed by atoms with van der Waals surface area (Å²) in [6.07, 6.45) is 0.377. The monoisotopic (exact) mass is 301 g/mol. The SMILES string of the molecule is Cc1nc(Cl)c(C=O)c(Nc2ccc(F)c(F)c2F)n1. The molecule has 0 aliphatic heterocycles. The number of nitrogens with one attached hydrogen (secondary N) is 1. The summed E-state index contributed by atoms with van der Waals surface area (Å²) in [6, 6.07) is 1.73. The Bertz CT molecular complexity index is 694. The molecule has 0 unspecified atom stereocenters. The number of aromatic nitrogens is 2. The maximum Gasteiger partial charge on any atom is 0.196 e. The van der Waals surface area contributed by atoms with Gasteiger partial charge in [-0.05, 0) is 19.1 Å². The molecule has 8 heteroatoms. The first-order valence-corrected chi connectivity index (χ1v) is 5.71. The summed E-state index contributed by atoms with van der Waals surface area (Å²) >= 11 is 5.75. The lowest BCUT2D eigenvalue weighted by atomic mass is 10.2. The summed E-state index contributed by atoms with van der Waals surface area (Å²) in [7, 11) is 0. The van der Waals surface area contributed by atoms with Crippen LogP contribution in [0.4, 0.5) is 24.7 Å². The zero-order chi connectivity index (χ0) is 14.9. The molecule has 2 aromatic rings. The Morgan fingerprint density at radius 3 is 2.55 bits per heavy atom. The third kappa shape index (κ3) is 2.57. The number of nitrogens with zero attached hydrogens (tertiary/aromatic N) is 2. The van der Waals surface area contributed by atoms with Crippen LogP contribution in [0.15, 0.2) is 12.1 Å². The zero-order valence-corrected chi connectivity index (χ0v) is 10.8. The number of anilines is 2. The summed E-state index contributed by atoms with van der Waals surface area (Å²) in [5.74, 6) is -4.23. The third-order valence-electron chi connectivity index (χ3n) is 2.42. The highest BCUT2D eigenvalue weighted by atomic mass is 35.5. The van der Waals surface area contributed by atoms with Crippen LogP contribution in [0.5, 0.6) is 0 Å². The van der Waals surface area contributed by atoms with Gasteiger partial charge in [0.15, 0.2) is 23.7 Å². The molecular weight excluding hydrogens is 295 g/mol. The maximum absolute atomic E-state index is 13.5. The van der Waals surface area contributed by atoms with E-state index < -0.39 is 17.5 Å². The molecule has 0 radical (unpaired) electrons. The first-order valence-electron chi connectivity index (χ1n) is 5.34. The zero-order valence-electron chi connectivity index (χ0n) is 10.0. The van der Waals surface area contributed by atoms with Gasteiger partial charge < -0.3 is 5.32 Å². The molecule has 1 aromatic heterocycles. The van der Waals surface area contributed by atoms with Crippen LogP contribution in [0.25, 0.3) is 0 Å². The highest BCUT2D eigenvalue weighted by molar-refractivity contribution is 6.32. The van der Waals surface area contributed by atoms with Gasteiger partial charge in [-0.1, -0.05) is 11.6 Å². The van der Waals surface area contributed by atoms with E-state index in [-0.39, 0.29) is 28.0 Å². The Balaban J connectivity index is 2.50. The van der Waals surface area contributed by atoms with Gasteiger partial charge in [0, 0.05) is 0 Å². The Kier molecular flexibility index (Phi) is 3.89. The van der Waals surface area contributed by atoms with Crippen LogP contribution in [-0.4, -0.2) is 16.3 Å². The lowest BCUT2D eigenvalue weighted by molar-refractivity contribution is 0.112. The normalized spacial score (nSPS) is 10.4. The highest BCUT2D eigenvalue weighted by Gasteiger charge is 2.17. The smallest absolute Gasteiger partial charge is 0.196 e. The van der Waals surface area contributed by atoms with Gasteiger partial charge in [0.2, 0.25) is 0 Å². The molecule has 0 aliphatic carbocycles. The van der Waals surface area contributed by atoms with Crippen molar-refractivity contribution in [3.8, 4) is 0 Å². The minimum absolute atomic E-state index is 0.0950. The number of aryl methyl sites for hydroxylation is 1. The average molecular weight is 302 g/mol. The molecule has 0 atom stereocenters. The van der Waals surface area contributed by atoms with Gasteiger partial charge in [0.05, 0.1) is 11.3 Å². The predicted octanol–water partition coefficient (Wildman–Crippen LogP) is 3.41. The summed E-state index contributed by atoms with van der Waals surface area (Å²) in [6.45, 7) is 1.51. The van der Waals surface area contributed by atoms with Gasteiger partial charge in [0.1, 0.15) is 16.8 Å². The third-order valence-corrected chi connectivity index (χ3v) is 2.71. The van der Waals surface area contributed by atoms with Gasteiger partial charge in [0.25, 0.3) is 0 Å². The van der Waals surface area contributed by atoms with E-state index in [1.165, 1.54) is 6.92 Å². The molecule has 0 bridgehead atoms. The molecule has 2 rings (SSSR count). The average Bonchev–Trinajstić information content (AvgIpc) is 2.39. The second-order valence-electron chi connectivity index (χ2n) is 3.79. The highest BCUT2D eigenvalue weighted by Crippen LogP contribution is 2.26. The second kappa shape index (κ2) is 5.46. The number of aldehydes is 1. The van der Waals surface area contributed by atoms with Gasteiger partial charge >= 0.3 is 0 Å². The molecule has 0 aliphatic rings. The van der Waals surface area contributed by atoms with Crippen molar-refractivity contribution >= 4 is 29.4 Å². The molecule has 0 spiro atoms. The van der Waals surface area contributed by atoms with Crippen LogP contribution in [0, 0.1) is 24.4 Å². The quantitative estimate of drug-likeness (QED) is 0.536. The summed E-state index contributed by atoms with van der Waals surface area (Å²) < 4.78 is 39.5. The second-order valence-corrected chi connectivity index (χ2v) is 4.15. The number of benzene rings is 1. The van der Waals surface area contributed by atoms with Crippen LogP contribution in [-0.2, 0) is 0 Å². The topological polar surface area (TPSA) is 54.9 Å². The largest absolute Gasteiger partial charge is 0.337 e. The first kappa shape index (κ1) is 14.3. The van der Waals surface area contributed by atoms with E-state index >= 15 is 0 Å². The molecule has 0 saturated heterocycles. The van der Waals surface area contributed by atoms with Gasteiger partial charge in [-0.25, -0.2) is 23.1 Å². The first-order chi connectivity index (χ1) is 9.43. The molecule has 104 valence electrons. The number of carbonyl (C=O) groups excluding carboxylic acids is 1. The fraction of sp³-hybridized carbons (Fsp3) is 0.0833. The Morgan fingerprint density at radius 2 is 1.90 bits per heavy atom. The predicted molar refractivity (Wildman–Crippen MR) is 66.8 cm³/mol. The van der Waals surface area contributed by atoms with Crippen LogP contribution >= 0.6 is 11.6 Å². The lowest BCUT2D eigenvalue weighted by Crippen LogP contribution is -2.05. The van der Waals surface area contributed by atoms with E-state index in [1.54, 1.807) is 0 Å². The van der Waals surface area contributed by atoms with E-state index in [4.69, 9.17) is 11.6 Å². The van der Waals surface area contributed by atoms with Crippen LogP contribution < -0.4 is 5.32 Å². The summed E-state index contributed by atoms with van der Waals surface area (Å²) in [5.41, 5.74) is -0.484. The van der Waals surface area contributed by atoms with E-state index in [1.807, 2.05) is 0 Å². The van der Waals surface area contributed by atoms with Crippen molar-refractivity contribution in [2.75, 3.05) is 5.32 Å². The van der Waals surface area contributed by atoms with Crippen molar-refractivity contribution in [1.82, 2.24) is 9.97 Å². The van der Waals surface area contributed by atoms with Crippen molar-refractivity contribution < 1.29 is 18.0 Å². The van der Waals surface area contributed by atoms with Crippen molar-refractivity contribution in [3.63, 3.8) is 0 Å². The molecule has 0 fully saturated rings. The molecule has 4 nitrogen and oxygen atoms in total. The lowest BCUT2D eigenvalue weighted by Gasteiger charge is -2.10. The maximum atomic E-state index is 13.5. The fourth-order valence-corrected chi connectivity index (χ4v) is 1.75. The number of hydrogen-bond donors (Lipinski definition) is 1. The van der Waals surface area contributed by atoms with Crippen LogP contribution in [0.2, 0.25) is 5.15 Å². The standard InChI is InChI=1S/C12H7ClF3N3O/c1-5-17-11(13)6(4-20)12(18-5)19-8-3-2-7(14)9(15)10(8)16/h2-4H,1H3,(H,17,18,19). The minimum Gasteiger partial charge on any atom is -0.337 e. The molecule has 0 saturated carbocycles. The molecule has 0 amide bonds. The van der Waals surface area contributed by atoms with Gasteiger partial charge in [-0.2, -0.15) is 0 Å². The molecule has 1 N–H and O–H groups in total. The summed E-state index contributed by atoms with van der Waals surface area (Å²) in [5, 5.41) is 2.27. The Morgan fingerprint density at radius 1 is 1.20 bits per heavy atom. The van der Waals surface area contributed by atoms with Crippen LogP contribution in [0.1, 0.15) is 16.2 Å². The van der Waals surface area contributed by atoms with E-state index in [2.05, 4.69) is 15.3 Å². The Hall–Kier alpha value is -2.15. The molecule has 1 aromatic carbocycles. The van der Waals surface area contributed by atoms with E-state index in [0.717, 1.165) is 12.1 Å². The number of rotatable bonds is 3. The van der Waals surface area contributed by atoms with Crippen molar-refractivity contribution in [2.24, 2.45) is 0 Å². The molecular formula is C12H7ClF3N3O. The van der Waals surface area contributed by atoms with Crippen molar-refractivity contribution in [2.45, 2.75) is 6.92 Å².